The lowest BCUT2D eigenvalue weighted by Crippen LogP contribution is -2.46. The van der Waals surface area contributed by atoms with Crippen LogP contribution in [0, 0.1) is 0 Å². The number of pyridine rings is 1. The normalized spacial score (nSPS) is 15.6. The third-order valence-electron chi connectivity index (χ3n) is 5.13. The van der Waals surface area contributed by atoms with Crippen LogP contribution in [0.2, 0.25) is 0 Å². The molecule has 0 aliphatic carbocycles. The highest BCUT2D eigenvalue weighted by Gasteiger charge is 2.20. The first-order valence-electron chi connectivity index (χ1n) is 9.72. The van der Waals surface area contributed by atoms with Crippen molar-refractivity contribution in [3.8, 4) is 0 Å². The van der Waals surface area contributed by atoms with Crippen LogP contribution in [-0.4, -0.2) is 48.5 Å². The third-order valence-corrected chi connectivity index (χ3v) is 5.13. The van der Waals surface area contributed by atoms with Gasteiger partial charge in [-0.3, -0.25) is 4.79 Å². The number of rotatable bonds is 4. The van der Waals surface area contributed by atoms with Crippen LogP contribution in [0.1, 0.15) is 43.6 Å². The number of para-hydroxylation sites is 1. The van der Waals surface area contributed by atoms with Crippen molar-refractivity contribution in [2.75, 3.05) is 42.9 Å². The Hall–Kier alpha value is -2.40. The summed E-state index contributed by atoms with van der Waals surface area (Å²) in [7, 11) is 0. The second kappa shape index (κ2) is 8.09. The standard InChI is InChI=1S/C22H30N4O/c1-5-25-12-14-26(15-13-25)20-16-17(10-11-23-20)21(27)24-19-9-7-6-8-18(19)22(2,3)4/h6-11,16H,5,12-15H2,1-4H3,(H,24,27). The summed E-state index contributed by atoms with van der Waals surface area (Å²) >= 11 is 0. The smallest absolute Gasteiger partial charge is 0.255 e. The van der Waals surface area contributed by atoms with Crippen LogP contribution in [0.25, 0.3) is 0 Å². The number of nitrogens with zero attached hydrogens (tertiary/aromatic N) is 3. The van der Waals surface area contributed by atoms with E-state index in [0.717, 1.165) is 49.8 Å². The molecule has 0 saturated carbocycles. The van der Waals surface area contributed by atoms with Gasteiger partial charge in [-0.25, -0.2) is 4.98 Å². The Morgan fingerprint density at radius 3 is 2.48 bits per heavy atom. The maximum absolute atomic E-state index is 12.9. The first kappa shape index (κ1) is 19.4. The number of nitrogens with one attached hydrogen (secondary N) is 1. The molecule has 5 nitrogen and oxygen atoms in total. The molecule has 1 amide bonds. The maximum atomic E-state index is 12.9. The molecule has 3 rings (SSSR count). The number of benzene rings is 1. The van der Waals surface area contributed by atoms with Gasteiger partial charge in [-0.15, -0.1) is 0 Å². The van der Waals surface area contributed by atoms with Gasteiger partial charge in [0.05, 0.1) is 0 Å². The highest BCUT2D eigenvalue weighted by Crippen LogP contribution is 2.29. The number of hydrogen-bond acceptors (Lipinski definition) is 4. The zero-order chi connectivity index (χ0) is 19.4. The Bertz CT molecular complexity index is 789. The molecule has 2 heterocycles. The van der Waals surface area contributed by atoms with Crippen molar-refractivity contribution in [2.45, 2.75) is 33.1 Å². The van der Waals surface area contributed by atoms with Gasteiger partial charge >= 0.3 is 0 Å². The molecular formula is C22H30N4O. The second-order valence-corrected chi connectivity index (χ2v) is 8.07. The van der Waals surface area contributed by atoms with E-state index < -0.39 is 0 Å². The first-order valence-corrected chi connectivity index (χ1v) is 9.72. The molecule has 144 valence electrons. The molecule has 0 radical (unpaired) electrons. The molecule has 27 heavy (non-hydrogen) atoms. The van der Waals surface area contributed by atoms with Crippen LogP contribution < -0.4 is 10.2 Å². The number of anilines is 2. The van der Waals surface area contributed by atoms with Crippen LogP contribution in [0.5, 0.6) is 0 Å². The molecule has 1 aromatic heterocycles. The Balaban J connectivity index is 1.75. The third kappa shape index (κ3) is 4.66. The molecule has 0 atom stereocenters. The van der Waals surface area contributed by atoms with E-state index in [9.17, 15) is 4.79 Å². The largest absolute Gasteiger partial charge is 0.354 e. The van der Waals surface area contributed by atoms with Gasteiger partial charge in [0, 0.05) is 43.6 Å². The molecule has 1 fully saturated rings. The Morgan fingerprint density at radius 1 is 1.11 bits per heavy atom. The number of piperazine rings is 1. The second-order valence-electron chi connectivity index (χ2n) is 8.07. The molecule has 5 heteroatoms. The lowest BCUT2D eigenvalue weighted by molar-refractivity contribution is 0.102. The number of hydrogen-bond donors (Lipinski definition) is 1. The van der Waals surface area contributed by atoms with Gasteiger partial charge in [0.2, 0.25) is 0 Å². The molecule has 0 spiro atoms. The summed E-state index contributed by atoms with van der Waals surface area (Å²) in [6.45, 7) is 13.7. The fourth-order valence-corrected chi connectivity index (χ4v) is 3.47. The topological polar surface area (TPSA) is 48.5 Å². The monoisotopic (exact) mass is 366 g/mol. The van der Waals surface area contributed by atoms with Crippen molar-refractivity contribution in [3.63, 3.8) is 0 Å². The maximum Gasteiger partial charge on any atom is 0.255 e. The van der Waals surface area contributed by atoms with Gasteiger partial charge in [0.1, 0.15) is 5.82 Å². The number of aromatic nitrogens is 1. The van der Waals surface area contributed by atoms with Crippen molar-refractivity contribution in [2.24, 2.45) is 0 Å². The summed E-state index contributed by atoms with van der Waals surface area (Å²) in [6.07, 6.45) is 1.73. The first-order chi connectivity index (χ1) is 12.9. The average Bonchev–Trinajstić information content (AvgIpc) is 2.68. The molecule has 0 bridgehead atoms. The van der Waals surface area contributed by atoms with E-state index >= 15 is 0 Å². The number of carbonyl (C=O) groups excluding carboxylic acids is 1. The predicted molar refractivity (Wildman–Crippen MR) is 112 cm³/mol. The van der Waals surface area contributed by atoms with Gasteiger partial charge in [-0.1, -0.05) is 45.9 Å². The highest BCUT2D eigenvalue weighted by molar-refractivity contribution is 6.05. The van der Waals surface area contributed by atoms with Gasteiger partial charge in [0.15, 0.2) is 0 Å². The van der Waals surface area contributed by atoms with Crippen molar-refractivity contribution in [1.29, 1.82) is 0 Å². The van der Waals surface area contributed by atoms with E-state index in [4.69, 9.17) is 0 Å². The van der Waals surface area contributed by atoms with Gasteiger partial charge < -0.3 is 15.1 Å². The Labute approximate surface area is 162 Å². The number of carbonyl (C=O) groups is 1. The van der Waals surface area contributed by atoms with E-state index in [1.54, 1.807) is 12.3 Å². The van der Waals surface area contributed by atoms with E-state index in [1.807, 2.05) is 24.3 Å². The van der Waals surface area contributed by atoms with Crippen molar-refractivity contribution >= 4 is 17.4 Å². The minimum atomic E-state index is -0.0949. The molecule has 1 aromatic carbocycles. The molecule has 1 saturated heterocycles. The summed E-state index contributed by atoms with van der Waals surface area (Å²) in [5, 5.41) is 3.09. The van der Waals surface area contributed by atoms with Crippen molar-refractivity contribution in [1.82, 2.24) is 9.88 Å². The van der Waals surface area contributed by atoms with Gasteiger partial charge in [0.25, 0.3) is 5.91 Å². The summed E-state index contributed by atoms with van der Waals surface area (Å²) in [4.78, 5) is 22.0. The minimum absolute atomic E-state index is 0.0355. The fraction of sp³-hybridized carbons (Fsp3) is 0.455. The molecule has 1 N–H and O–H groups in total. The lowest BCUT2D eigenvalue weighted by Gasteiger charge is -2.34. The Morgan fingerprint density at radius 2 is 1.81 bits per heavy atom. The van der Waals surface area contributed by atoms with Crippen LogP contribution in [0.4, 0.5) is 11.5 Å². The Kier molecular flexibility index (Phi) is 5.80. The number of likely N-dealkylation sites (N-methyl/N-ethyl adjacent to an activating group) is 1. The van der Waals surface area contributed by atoms with Crippen molar-refractivity contribution < 1.29 is 4.79 Å². The zero-order valence-electron chi connectivity index (χ0n) is 16.8. The van der Waals surface area contributed by atoms with Crippen LogP contribution in [0.3, 0.4) is 0 Å². The number of amides is 1. The lowest BCUT2D eigenvalue weighted by atomic mass is 9.86. The molecular weight excluding hydrogens is 336 g/mol. The SMILES string of the molecule is CCN1CCN(c2cc(C(=O)Nc3ccccc3C(C)(C)C)ccn2)CC1. The van der Waals surface area contributed by atoms with Crippen LogP contribution >= 0.6 is 0 Å². The average molecular weight is 367 g/mol. The molecule has 1 aliphatic heterocycles. The minimum Gasteiger partial charge on any atom is -0.354 e. The van der Waals surface area contributed by atoms with Crippen LogP contribution in [-0.2, 0) is 5.41 Å². The molecule has 0 unspecified atom stereocenters. The highest BCUT2D eigenvalue weighted by atomic mass is 16.1. The van der Waals surface area contributed by atoms with Gasteiger partial charge in [-0.2, -0.15) is 0 Å². The van der Waals surface area contributed by atoms with Gasteiger partial charge in [-0.05, 0) is 35.7 Å². The van der Waals surface area contributed by atoms with Crippen molar-refractivity contribution in [3.05, 3.63) is 53.7 Å². The predicted octanol–water partition coefficient (Wildman–Crippen LogP) is 3.77. The zero-order valence-corrected chi connectivity index (χ0v) is 16.8. The fourth-order valence-electron chi connectivity index (χ4n) is 3.47. The van der Waals surface area contributed by atoms with E-state index in [1.165, 1.54) is 0 Å². The summed E-state index contributed by atoms with van der Waals surface area (Å²) < 4.78 is 0. The summed E-state index contributed by atoms with van der Waals surface area (Å²) in [5.41, 5.74) is 2.60. The van der Waals surface area contributed by atoms with E-state index in [2.05, 4.69) is 53.9 Å². The summed E-state index contributed by atoms with van der Waals surface area (Å²) in [6, 6.07) is 11.7. The summed E-state index contributed by atoms with van der Waals surface area (Å²) in [5.74, 6) is 0.782. The van der Waals surface area contributed by atoms with E-state index in [-0.39, 0.29) is 11.3 Å². The van der Waals surface area contributed by atoms with E-state index in [0.29, 0.717) is 5.56 Å². The quantitative estimate of drug-likeness (QED) is 0.895. The molecule has 1 aliphatic rings. The van der Waals surface area contributed by atoms with Crippen LogP contribution in [0.15, 0.2) is 42.6 Å². The molecule has 2 aromatic rings.